The topological polar surface area (TPSA) is 74.1 Å². The summed E-state index contributed by atoms with van der Waals surface area (Å²) in [6.07, 6.45) is 1.82. The van der Waals surface area contributed by atoms with Crippen LogP contribution in [0.5, 0.6) is 0 Å². The van der Waals surface area contributed by atoms with Crippen molar-refractivity contribution in [2.24, 2.45) is 0 Å². The highest BCUT2D eigenvalue weighted by molar-refractivity contribution is 5.88. The van der Waals surface area contributed by atoms with Crippen LogP contribution in [-0.2, 0) is 6.54 Å². The Morgan fingerprint density at radius 3 is 2.95 bits per heavy atom. The maximum atomic E-state index is 11.1. The number of aromatic nitrogens is 2. The molecule has 3 aromatic rings. The molecule has 96 valence electrons. The van der Waals surface area contributed by atoms with Crippen molar-refractivity contribution >= 4 is 16.6 Å². The fraction of sp³-hybridized carbons (Fsp3) is 0.154. The number of rotatable bonds is 3. The SMILES string of the molecule is Cc1cc(Cn2ccc3cccc([N+](=O)[O-])c32)on1. The van der Waals surface area contributed by atoms with Crippen LogP contribution in [0.15, 0.2) is 41.1 Å². The summed E-state index contributed by atoms with van der Waals surface area (Å²) in [7, 11) is 0. The quantitative estimate of drug-likeness (QED) is 0.534. The lowest BCUT2D eigenvalue weighted by Crippen LogP contribution is -1.99. The Balaban J connectivity index is 2.11. The number of nitrogens with zero attached hydrogens (tertiary/aromatic N) is 3. The summed E-state index contributed by atoms with van der Waals surface area (Å²) in [5.41, 5.74) is 1.49. The first-order chi connectivity index (χ1) is 9.15. The van der Waals surface area contributed by atoms with E-state index in [1.807, 2.05) is 31.3 Å². The van der Waals surface area contributed by atoms with Crippen molar-refractivity contribution in [3.8, 4) is 0 Å². The molecule has 6 heteroatoms. The van der Waals surface area contributed by atoms with Crippen LogP contribution >= 0.6 is 0 Å². The third kappa shape index (κ3) is 1.97. The van der Waals surface area contributed by atoms with Gasteiger partial charge < -0.3 is 9.09 Å². The first-order valence-electron chi connectivity index (χ1n) is 5.79. The van der Waals surface area contributed by atoms with Crippen LogP contribution in [0.3, 0.4) is 0 Å². The molecule has 0 aliphatic carbocycles. The van der Waals surface area contributed by atoms with E-state index >= 15 is 0 Å². The minimum atomic E-state index is -0.371. The molecule has 0 N–H and O–H groups in total. The van der Waals surface area contributed by atoms with Crippen LogP contribution in [0.2, 0.25) is 0 Å². The number of benzene rings is 1. The maximum Gasteiger partial charge on any atom is 0.293 e. The first-order valence-corrected chi connectivity index (χ1v) is 5.79. The Kier molecular flexibility index (Phi) is 2.56. The van der Waals surface area contributed by atoms with Crippen molar-refractivity contribution in [3.63, 3.8) is 0 Å². The Hall–Kier alpha value is -2.63. The Morgan fingerprint density at radius 2 is 2.26 bits per heavy atom. The minimum absolute atomic E-state index is 0.0961. The fourth-order valence-corrected chi connectivity index (χ4v) is 2.18. The van der Waals surface area contributed by atoms with Crippen LogP contribution in [0.4, 0.5) is 5.69 Å². The molecular weight excluding hydrogens is 246 g/mol. The molecule has 0 spiro atoms. The van der Waals surface area contributed by atoms with E-state index in [1.54, 1.807) is 10.6 Å². The van der Waals surface area contributed by atoms with Crippen molar-refractivity contribution in [1.82, 2.24) is 9.72 Å². The van der Waals surface area contributed by atoms with Crippen LogP contribution < -0.4 is 0 Å². The number of nitro benzene ring substituents is 1. The van der Waals surface area contributed by atoms with Crippen LogP contribution in [0, 0.1) is 17.0 Å². The predicted molar refractivity (Wildman–Crippen MR) is 68.9 cm³/mol. The van der Waals surface area contributed by atoms with Gasteiger partial charge in [0.1, 0.15) is 5.52 Å². The van der Waals surface area contributed by atoms with Crippen molar-refractivity contribution < 1.29 is 9.45 Å². The molecule has 0 fully saturated rings. The van der Waals surface area contributed by atoms with Gasteiger partial charge in [0, 0.05) is 23.7 Å². The molecule has 2 heterocycles. The van der Waals surface area contributed by atoms with Gasteiger partial charge >= 0.3 is 0 Å². The van der Waals surface area contributed by atoms with Crippen molar-refractivity contribution in [2.45, 2.75) is 13.5 Å². The number of nitro groups is 1. The normalized spacial score (nSPS) is 11.0. The third-order valence-corrected chi connectivity index (χ3v) is 2.97. The van der Waals surface area contributed by atoms with E-state index in [9.17, 15) is 10.1 Å². The Labute approximate surface area is 108 Å². The van der Waals surface area contributed by atoms with Gasteiger partial charge in [-0.3, -0.25) is 10.1 Å². The zero-order chi connectivity index (χ0) is 13.4. The van der Waals surface area contributed by atoms with Gasteiger partial charge in [0.25, 0.3) is 5.69 Å². The molecule has 0 saturated heterocycles. The lowest BCUT2D eigenvalue weighted by molar-refractivity contribution is -0.383. The molecule has 0 saturated carbocycles. The lowest BCUT2D eigenvalue weighted by atomic mass is 10.2. The number of hydrogen-bond acceptors (Lipinski definition) is 4. The number of aryl methyl sites for hydroxylation is 1. The average Bonchev–Trinajstić information content (AvgIpc) is 2.97. The standard InChI is InChI=1S/C13H11N3O3/c1-9-7-11(19-14-9)8-15-6-5-10-3-2-4-12(13(10)15)16(17)18/h2-7H,8H2,1H3. The third-order valence-electron chi connectivity index (χ3n) is 2.97. The van der Waals surface area contributed by atoms with E-state index in [0.29, 0.717) is 17.8 Å². The van der Waals surface area contributed by atoms with Crippen molar-refractivity contribution in [3.05, 3.63) is 58.1 Å². The lowest BCUT2D eigenvalue weighted by Gasteiger charge is -2.02. The number of para-hydroxylation sites is 1. The molecule has 2 aromatic heterocycles. The van der Waals surface area contributed by atoms with E-state index in [0.717, 1.165) is 11.1 Å². The molecular formula is C13H11N3O3. The highest BCUT2D eigenvalue weighted by Gasteiger charge is 2.16. The summed E-state index contributed by atoms with van der Waals surface area (Å²) in [6, 6.07) is 8.71. The van der Waals surface area contributed by atoms with Gasteiger partial charge in [0.05, 0.1) is 17.2 Å². The molecule has 0 unspecified atom stereocenters. The van der Waals surface area contributed by atoms with E-state index in [4.69, 9.17) is 4.52 Å². The van der Waals surface area contributed by atoms with Gasteiger partial charge in [-0.05, 0) is 13.0 Å². The van der Waals surface area contributed by atoms with Crippen molar-refractivity contribution in [1.29, 1.82) is 0 Å². The van der Waals surface area contributed by atoms with Gasteiger partial charge in [0.2, 0.25) is 0 Å². The Bertz CT molecular complexity index is 757. The number of hydrogen-bond donors (Lipinski definition) is 0. The molecule has 0 radical (unpaired) electrons. The summed E-state index contributed by atoms with van der Waals surface area (Å²) in [5.74, 6) is 0.674. The van der Waals surface area contributed by atoms with Crippen LogP contribution in [-0.4, -0.2) is 14.6 Å². The molecule has 3 rings (SSSR count). The van der Waals surface area contributed by atoms with E-state index in [2.05, 4.69) is 5.16 Å². The molecule has 0 aliphatic rings. The Morgan fingerprint density at radius 1 is 1.42 bits per heavy atom. The summed E-state index contributed by atoms with van der Waals surface area (Å²) < 4.78 is 6.95. The minimum Gasteiger partial charge on any atom is -0.359 e. The molecule has 0 amide bonds. The molecule has 0 atom stereocenters. The van der Waals surface area contributed by atoms with Gasteiger partial charge in [0.15, 0.2) is 5.76 Å². The second-order valence-electron chi connectivity index (χ2n) is 4.35. The fourth-order valence-electron chi connectivity index (χ4n) is 2.18. The van der Waals surface area contributed by atoms with Crippen LogP contribution in [0.25, 0.3) is 10.9 Å². The summed E-state index contributed by atoms with van der Waals surface area (Å²) in [4.78, 5) is 10.7. The summed E-state index contributed by atoms with van der Waals surface area (Å²) in [5, 5.41) is 15.7. The second kappa shape index (κ2) is 4.24. The zero-order valence-electron chi connectivity index (χ0n) is 10.2. The van der Waals surface area contributed by atoms with E-state index < -0.39 is 0 Å². The highest BCUT2D eigenvalue weighted by Crippen LogP contribution is 2.27. The maximum absolute atomic E-state index is 11.1. The highest BCUT2D eigenvalue weighted by atomic mass is 16.6. The number of non-ortho nitro benzene ring substituents is 1. The smallest absolute Gasteiger partial charge is 0.293 e. The van der Waals surface area contributed by atoms with Gasteiger partial charge in [-0.2, -0.15) is 0 Å². The van der Waals surface area contributed by atoms with E-state index in [-0.39, 0.29) is 10.6 Å². The molecule has 1 aromatic carbocycles. The van der Waals surface area contributed by atoms with Crippen molar-refractivity contribution in [2.75, 3.05) is 0 Å². The van der Waals surface area contributed by atoms with E-state index in [1.165, 1.54) is 6.07 Å². The van der Waals surface area contributed by atoms with Crippen LogP contribution in [0.1, 0.15) is 11.5 Å². The molecule has 6 nitrogen and oxygen atoms in total. The predicted octanol–water partition coefficient (Wildman–Crippen LogP) is 2.89. The molecule has 19 heavy (non-hydrogen) atoms. The summed E-state index contributed by atoms with van der Waals surface area (Å²) in [6.45, 7) is 2.26. The first kappa shape index (κ1) is 11.5. The molecule has 0 aliphatic heterocycles. The van der Waals surface area contributed by atoms with Gasteiger partial charge in [-0.25, -0.2) is 0 Å². The monoisotopic (exact) mass is 257 g/mol. The zero-order valence-corrected chi connectivity index (χ0v) is 10.2. The summed E-state index contributed by atoms with van der Waals surface area (Å²) >= 11 is 0. The second-order valence-corrected chi connectivity index (χ2v) is 4.35. The number of fused-ring (bicyclic) bond motifs is 1. The average molecular weight is 257 g/mol. The largest absolute Gasteiger partial charge is 0.359 e. The van der Waals surface area contributed by atoms with Gasteiger partial charge in [-0.15, -0.1) is 0 Å². The van der Waals surface area contributed by atoms with Gasteiger partial charge in [-0.1, -0.05) is 17.3 Å². The molecule has 0 bridgehead atoms.